The summed E-state index contributed by atoms with van der Waals surface area (Å²) in [6, 6.07) is 7.43. The van der Waals surface area contributed by atoms with Crippen molar-refractivity contribution < 1.29 is 21.6 Å². The average molecular weight is 509 g/mol. The first kappa shape index (κ1) is 24.5. The van der Waals surface area contributed by atoms with Gasteiger partial charge in [-0.15, -0.1) is 0 Å². The molecular formula is C21H28N6O5S2. The van der Waals surface area contributed by atoms with Gasteiger partial charge in [0.25, 0.3) is 5.91 Å². The number of hydrogen-bond acceptors (Lipinski definition) is 8. The first-order valence-corrected chi connectivity index (χ1v) is 14.2. The van der Waals surface area contributed by atoms with Crippen LogP contribution in [0.15, 0.2) is 47.6 Å². The van der Waals surface area contributed by atoms with Gasteiger partial charge in [0.2, 0.25) is 26.0 Å². The van der Waals surface area contributed by atoms with Crippen LogP contribution in [0.4, 0.5) is 5.95 Å². The highest BCUT2D eigenvalue weighted by molar-refractivity contribution is 7.89. The Labute approximate surface area is 199 Å². The summed E-state index contributed by atoms with van der Waals surface area (Å²) in [6.45, 7) is 2.59. The Kier molecular flexibility index (Phi) is 7.45. The molecule has 0 bridgehead atoms. The van der Waals surface area contributed by atoms with Crippen LogP contribution in [0.5, 0.6) is 0 Å². The fourth-order valence-electron chi connectivity index (χ4n) is 4.00. The molecule has 2 saturated heterocycles. The van der Waals surface area contributed by atoms with E-state index in [-0.39, 0.29) is 22.8 Å². The Hall–Kier alpha value is -2.61. The third-order valence-corrected chi connectivity index (χ3v) is 9.72. The highest BCUT2D eigenvalue weighted by Gasteiger charge is 2.28. The van der Waals surface area contributed by atoms with Crippen molar-refractivity contribution in [1.82, 2.24) is 23.9 Å². The van der Waals surface area contributed by atoms with Crippen molar-refractivity contribution in [3.63, 3.8) is 0 Å². The molecule has 1 N–H and O–H groups in total. The Balaban J connectivity index is 1.26. The first-order chi connectivity index (χ1) is 16.3. The van der Waals surface area contributed by atoms with Gasteiger partial charge in [0.1, 0.15) is 0 Å². The molecule has 184 valence electrons. The molecule has 34 heavy (non-hydrogen) atoms. The maximum atomic E-state index is 12.7. The molecule has 13 heteroatoms. The maximum absolute atomic E-state index is 12.7. The summed E-state index contributed by atoms with van der Waals surface area (Å²) >= 11 is 0. The fourth-order valence-corrected chi connectivity index (χ4v) is 6.86. The van der Waals surface area contributed by atoms with Crippen LogP contribution < -0.4 is 10.2 Å². The van der Waals surface area contributed by atoms with Gasteiger partial charge in [-0.1, -0.05) is 0 Å². The molecule has 2 aromatic rings. The number of anilines is 1. The van der Waals surface area contributed by atoms with Crippen molar-refractivity contribution in [2.45, 2.75) is 17.7 Å². The van der Waals surface area contributed by atoms with E-state index in [1.807, 2.05) is 4.90 Å². The predicted molar refractivity (Wildman–Crippen MR) is 126 cm³/mol. The SMILES string of the molecule is O=C(NCCS(=O)(=O)N1CCN(c2ncccn2)CC1)c1ccc(S(=O)(=O)N2CCCC2)cc1. The second kappa shape index (κ2) is 10.3. The van der Waals surface area contributed by atoms with Crippen molar-refractivity contribution in [2.24, 2.45) is 0 Å². The van der Waals surface area contributed by atoms with Gasteiger partial charge in [-0.2, -0.15) is 8.61 Å². The minimum Gasteiger partial charge on any atom is -0.351 e. The Morgan fingerprint density at radius 1 is 0.853 bits per heavy atom. The standard InChI is InChI=1S/C21H28N6O5S2/c28-20(18-4-6-19(7-5-18)34(31,32)27-11-1-2-12-27)22-10-17-33(29,30)26-15-13-25(14-16-26)21-23-8-3-9-24-21/h3-9H,1-2,10-17H2,(H,22,28). The van der Waals surface area contributed by atoms with Crippen LogP contribution in [-0.2, 0) is 20.0 Å². The number of rotatable bonds is 8. The minimum absolute atomic E-state index is 0.0446. The summed E-state index contributed by atoms with van der Waals surface area (Å²) in [6.07, 6.45) is 4.99. The van der Waals surface area contributed by atoms with E-state index < -0.39 is 26.0 Å². The van der Waals surface area contributed by atoms with Crippen LogP contribution >= 0.6 is 0 Å². The molecule has 2 aliphatic heterocycles. The van der Waals surface area contributed by atoms with Crippen molar-refractivity contribution >= 4 is 31.9 Å². The predicted octanol–water partition coefficient (Wildman–Crippen LogP) is 0.143. The van der Waals surface area contributed by atoms with Gasteiger partial charge in [-0.05, 0) is 43.2 Å². The number of piperazine rings is 1. The largest absolute Gasteiger partial charge is 0.351 e. The number of carbonyl (C=O) groups is 1. The average Bonchev–Trinajstić information content (AvgIpc) is 3.41. The number of aromatic nitrogens is 2. The van der Waals surface area contributed by atoms with Crippen LogP contribution in [-0.4, -0.2) is 92.9 Å². The number of benzene rings is 1. The molecule has 0 radical (unpaired) electrons. The van der Waals surface area contributed by atoms with Gasteiger partial charge >= 0.3 is 0 Å². The molecule has 0 saturated carbocycles. The smallest absolute Gasteiger partial charge is 0.251 e. The molecule has 1 amide bonds. The minimum atomic E-state index is -3.55. The molecule has 0 unspecified atom stereocenters. The van der Waals surface area contributed by atoms with Crippen molar-refractivity contribution in [3.05, 3.63) is 48.3 Å². The van der Waals surface area contributed by atoms with E-state index in [1.54, 1.807) is 18.5 Å². The molecule has 0 aliphatic carbocycles. The molecule has 1 aromatic carbocycles. The molecule has 3 heterocycles. The second-order valence-corrected chi connectivity index (χ2v) is 12.2. The lowest BCUT2D eigenvalue weighted by Gasteiger charge is -2.33. The van der Waals surface area contributed by atoms with E-state index in [4.69, 9.17) is 0 Å². The fraction of sp³-hybridized carbons (Fsp3) is 0.476. The first-order valence-electron chi connectivity index (χ1n) is 11.2. The third-order valence-electron chi connectivity index (χ3n) is 5.93. The van der Waals surface area contributed by atoms with Gasteiger partial charge in [0.15, 0.2) is 0 Å². The highest BCUT2D eigenvalue weighted by Crippen LogP contribution is 2.21. The van der Waals surface area contributed by atoms with Gasteiger partial charge in [-0.25, -0.2) is 26.8 Å². The van der Waals surface area contributed by atoms with E-state index in [0.29, 0.717) is 45.2 Å². The maximum Gasteiger partial charge on any atom is 0.251 e. The zero-order valence-electron chi connectivity index (χ0n) is 18.7. The molecule has 4 rings (SSSR count). The molecular weight excluding hydrogens is 480 g/mol. The molecule has 1 aromatic heterocycles. The van der Waals surface area contributed by atoms with Gasteiger partial charge in [0.05, 0.1) is 10.6 Å². The Bertz CT molecular complexity index is 1190. The molecule has 11 nitrogen and oxygen atoms in total. The van der Waals surface area contributed by atoms with E-state index in [9.17, 15) is 21.6 Å². The number of amides is 1. The summed E-state index contributed by atoms with van der Waals surface area (Å²) in [5, 5.41) is 2.61. The van der Waals surface area contributed by atoms with Gasteiger partial charge in [-0.3, -0.25) is 4.79 Å². The van der Waals surface area contributed by atoms with Crippen LogP contribution in [0.25, 0.3) is 0 Å². The van der Waals surface area contributed by atoms with Crippen molar-refractivity contribution in [2.75, 3.05) is 56.5 Å². The van der Waals surface area contributed by atoms with Crippen LogP contribution in [0.2, 0.25) is 0 Å². The number of hydrogen-bond donors (Lipinski definition) is 1. The molecule has 2 aliphatic rings. The molecule has 0 atom stereocenters. The summed E-state index contributed by atoms with van der Waals surface area (Å²) in [4.78, 5) is 22.9. The van der Waals surface area contributed by atoms with Gasteiger partial charge < -0.3 is 10.2 Å². The Morgan fingerprint density at radius 3 is 2.09 bits per heavy atom. The summed E-state index contributed by atoms with van der Waals surface area (Å²) in [7, 11) is -7.08. The highest BCUT2D eigenvalue weighted by atomic mass is 32.2. The van der Waals surface area contributed by atoms with Crippen molar-refractivity contribution in [3.8, 4) is 0 Å². The number of sulfonamides is 2. The molecule has 0 spiro atoms. The summed E-state index contributed by atoms with van der Waals surface area (Å²) in [5.41, 5.74) is 0.272. The number of nitrogens with zero attached hydrogens (tertiary/aromatic N) is 5. The second-order valence-electron chi connectivity index (χ2n) is 8.14. The van der Waals surface area contributed by atoms with Crippen LogP contribution in [0.1, 0.15) is 23.2 Å². The summed E-state index contributed by atoms with van der Waals surface area (Å²) in [5.74, 6) is -0.0976. The summed E-state index contributed by atoms with van der Waals surface area (Å²) < 4.78 is 53.4. The quantitative estimate of drug-likeness (QED) is 0.533. The monoisotopic (exact) mass is 508 g/mol. The Morgan fingerprint density at radius 2 is 1.47 bits per heavy atom. The lowest BCUT2D eigenvalue weighted by molar-refractivity contribution is 0.0956. The normalized spacial score (nSPS) is 18.2. The topological polar surface area (TPSA) is 133 Å². The van der Waals surface area contributed by atoms with E-state index in [1.165, 1.54) is 32.9 Å². The number of carbonyl (C=O) groups excluding carboxylic acids is 1. The van der Waals surface area contributed by atoms with E-state index >= 15 is 0 Å². The van der Waals surface area contributed by atoms with Gasteiger partial charge in [0, 0.05) is 63.8 Å². The lowest BCUT2D eigenvalue weighted by Crippen LogP contribution is -2.50. The molecule has 2 fully saturated rings. The number of nitrogens with one attached hydrogen (secondary N) is 1. The van der Waals surface area contributed by atoms with E-state index in [2.05, 4.69) is 15.3 Å². The zero-order valence-corrected chi connectivity index (χ0v) is 20.3. The lowest BCUT2D eigenvalue weighted by atomic mass is 10.2. The van der Waals surface area contributed by atoms with E-state index in [0.717, 1.165) is 12.8 Å². The third kappa shape index (κ3) is 5.54. The van der Waals surface area contributed by atoms with Crippen LogP contribution in [0, 0.1) is 0 Å². The zero-order chi connectivity index (χ0) is 24.2. The van der Waals surface area contributed by atoms with Crippen molar-refractivity contribution in [1.29, 1.82) is 0 Å². The van der Waals surface area contributed by atoms with Crippen LogP contribution in [0.3, 0.4) is 0 Å².